The van der Waals surface area contributed by atoms with Crippen LogP contribution in [0, 0.1) is 0 Å². The highest BCUT2D eigenvalue weighted by atomic mass is 16.1. The molecule has 0 spiro atoms. The van der Waals surface area contributed by atoms with E-state index in [9.17, 15) is 4.79 Å². The van der Waals surface area contributed by atoms with Crippen molar-refractivity contribution in [2.45, 2.75) is 39.0 Å². The minimum atomic E-state index is -0.00259. The summed E-state index contributed by atoms with van der Waals surface area (Å²) in [6.45, 7) is 8.56. The lowest BCUT2D eigenvalue weighted by molar-refractivity contribution is 0.591. The maximum absolute atomic E-state index is 12.1. The van der Waals surface area contributed by atoms with Crippen LogP contribution in [0.2, 0.25) is 0 Å². The van der Waals surface area contributed by atoms with E-state index in [0.29, 0.717) is 5.92 Å². The van der Waals surface area contributed by atoms with Gasteiger partial charge in [0.15, 0.2) is 0 Å². The van der Waals surface area contributed by atoms with Gasteiger partial charge in [-0.1, -0.05) is 32.9 Å². The molecule has 2 heterocycles. The Morgan fingerprint density at radius 1 is 1.25 bits per heavy atom. The Bertz CT molecular complexity index is 812. The zero-order valence-electron chi connectivity index (χ0n) is 12.0. The number of benzene rings is 1. The molecule has 3 heteroatoms. The van der Waals surface area contributed by atoms with Gasteiger partial charge in [0, 0.05) is 22.0 Å². The van der Waals surface area contributed by atoms with E-state index in [-0.39, 0.29) is 5.56 Å². The molecule has 1 unspecified atom stereocenters. The van der Waals surface area contributed by atoms with Gasteiger partial charge in [-0.2, -0.15) is 0 Å². The number of pyridine rings is 1. The van der Waals surface area contributed by atoms with Gasteiger partial charge in [-0.3, -0.25) is 4.79 Å². The molecular weight excluding hydrogens is 248 g/mol. The minimum Gasteiger partial charge on any atom is -0.355 e. The van der Waals surface area contributed by atoms with Gasteiger partial charge in [-0.05, 0) is 30.9 Å². The predicted octanol–water partition coefficient (Wildman–Crippen LogP) is 3.38. The molecule has 20 heavy (non-hydrogen) atoms. The van der Waals surface area contributed by atoms with Crippen LogP contribution < -0.4 is 10.9 Å². The van der Waals surface area contributed by atoms with Crippen molar-refractivity contribution >= 4 is 17.5 Å². The van der Waals surface area contributed by atoms with Gasteiger partial charge in [-0.15, -0.1) is 0 Å². The molecule has 1 aromatic rings. The van der Waals surface area contributed by atoms with Crippen LogP contribution in [0.25, 0.3) is 28.7 Å². The second-order valence-corrected chi connectivity index (χ2v) is 5.47. The lowest BCUT2D eigenvalue weighted by Crippen LogP contribution is -2.18. The monoisotopic (exact) mass is 268 g/mol. The Labute approximate surface area is 118 Å². The first-order valence-electron chi connectivity index (χ1n) is 7.32. The Morgan fingerprint density at radius 2 is 2.05 bits per heavy atom. The summed E-state index contributed by atoms with van der Waals surface area (Å²) in [5, 5.41) is 1.69. The highest BCUT2D eigenvalue weighted by molar-refractivity contribution is 5.96. The summed E-state index contributed by atoms with van der Waals surface area (Å²) >= 11 is 0. The maximum atomic E-state index is 12.1. The van der Waals surface area contributed by atoms with E-state index in [2.05, 4.69) is 30.4 Å². The molecular formula is C17H20N2O. The van der Waals surface area contributed by atoms with Gasteiger partial charge < -0.3 is 9.97 Å². The van der Waals surface area contributed by atoms with Gasteiger partial charge in [0.05, 0.1) is 11.1 Å². The highest BCUT2D eigenvalue weighted by Gasteiger charge is 2.23. The minimum absolute atomic E-state index is 0.00259. The number of H-pyrrole nitrogens is 2. The molecule has 0 aliphatic carbocycles. The Morgan fingerprint density at radius 3 is 2.75 bits per heavy atom. The molecule has 0 radical (unpaired) electrons. The molecule has 0 fully saturated rings. The summed E-state index contributed by atoms with van der Waals surface area (Å²) < 4.78 is 0. The second kappa shape index (κ2) is 4.82. The summed E-state index contributed by atoms with van der Waals surface area (Å²) in [7, 11) is 0. The van der Waals surface area contributed by atoms with E-state index in [4.69, 9.17) is 0 Å². The van der Waals surface area contributed by atoms with E-state index >= 15 is 0 Å². The van der Waals surface area contributed by atoms with E-state index in [0.717, 1.165) is 46.8 Å². The topological polar surface area (TPSA) is 48.6 Å². The van der Waals surface area contributed by atoms with E-state index in [1.807, 2.05) is 18.2 Å². The summed E-state index contributed by atoms with van der Waals surface area (Å²) in [5.74, 6) is 0.439. The summed E-state index contributed by atoms with van der Waals surface area (Å²) in [6, 6.07) is 5.79. The van der Waals surface area contributed by atoms with Crippen molar-refractivity contribution < 1.29 is 0 Å². The quantitative estimate of drug-likeness (QED) is 0.748. The molecule has 0 saturated carbocycles. The molecule has 1 atom stereocenters. The van der Waals surface area contributed by atoms with Gasteiger partial charge in [0.1, 0.15) is 0 Å². The fraction of sp³-hybridized carbons (Fsp3) is 0.353. The zero-order valence-corrected chi connectivity index (χ0v) is 12.0. The largest absolute Gasteiger partial charge is 0.355 e. The average Bonchev–Trinajstić information content (AvgIpc) is 2.76. The molecule has 2 aliphatic rings. The molecule has 2 aliphatic heterocycles. The number of aromatic nitrogens is 2. The lowest BCUT2D eigenvalue weighted by atomic mass is 9.88. The fourth-order valence-electron chi connectivity index (χ4n) is 3.29. The van der Waals surface area contributed by atoms with Crippen molar-refractivity contribution in [1.82, 2.24) is 9.97 Å². The molecule has 0 aromatic heterocycles. The van der Waals surface area contributed by atoms with Crippen LogP contribution in [-0.2, 0) is 0 Å². The first kappa shape index (κ1) is 13.0. The molecule has 3 rings (SSSR count). The number of hydrogen-bond donors (Lipinski definition) is 2. The van der Waals surface area contributed by atoms with Crippen molar-refractivity contribution in [2.75, 3.05) is 0 Å². The van der Waals surface area contributed by atoms with Crippen molar-refractivity contribution in [3.05, 3.63) is 39.5 Å². The lowest BCUT2D eigenvalue weighted by Gasteiger charge is -2.19. The van der Waals surface area contributed by atoms with Gasteiger partial charge >= 0.3 is 0 Å². The van der Waals surface area contributed by atoms with Crippen LogP contribution in [0.5, 0.6) is 0 Å². The number of nitrogens with one attached hydrogen (secondary N) is 2. The van der Waals surface area contributed by atoms with Crippen molar-refractivity contribution in [3.8, 4) is 11.3 Å². The second-order valence-electron chi connectivity index (χ2n) is 5.47. The first-order chi connectivity index (χ1) is 9.67. The Balaban J connectivity index is 2.38. The first-order valence-corrected chi connectivity index (χ1v) is 7.32. The van der Waals surface area contributed by atoms with Gasteiger partial charge in [0.25, 0.3) is 5.56 Å². The predicted molar refractivity (Wildman–Crippen MR) is 84.2 cm³/mol. The molecule has 0 saturated heterocycles. The zero-order chi connectivity index (χ0) is 14.3. The Hall–Kier alpha value is -2.03. The summed E-state index contributed by atoms with van der Waals surface area (Å²) in [4.78, 5) is 18.6. The van der Waals surface area contributed by atoms with Crippen LogP contribution in [0.15, 0.2) is 23.0 Å². The van der Waals surface area contributed by atoms with Crippen LogP contribution in [0.1, 0.15) is 44.6 Å². The fourth-order valence-corrected chi connectivity index (χ4v) is 3.29. The number of rotatable bonds is 4. The van der Waals surface area contributed by atoms with Crippen molar-refractivity contribution in [3.63, 3.8) is 0 Å². The van der Waals surface area contributed by atoms with Gasteiger partial charge in [-0.25, -0.2) is 0 Å². The van der Waals surface area contributed by atoms with E-state index in [1.54, 1.807) is 0 Å². The maximum Gasteiger partial charge on any atom is 0.256 e. The highest BCUT2D eigenvalue weighted by Crippen LogP contribution is 2.35. The molecule has 0 bridgehead atoms. The molecule has 104 valence electrons. The third kappa shape index (κ3) is 1.77. The van der Waals surface area contributed by atoms with E-state index in [1.165, 1.54) is 5.56 Å². The Kier molecular flexibility index (Phi) is 3.13. The molecule has 1 aromatic carbocycles. The molecule has 2 N–H and O–H groups in total. The third-order valence-electron chi connectivity index (χ3n) is 4.22. The molecule has 0 amide bonds. The van der Waals surface area contributed by atoms with Crippen molar-refractivity contribution in [2.24, 2.45) is 0 Å². The third-order valence-corrected chi connectivity index (χ3v) is 4.22. The van der Waals surface area contributed by atoms with Crippen LogP contribution in [0.3, 0.4) is 0 Å². The van der Waals surface area contributed by atoms with Gasteiger partial charge in [0.2, 0.25) is 0 Å². The van der Waals surface area contributed by atoms with Crippen LogP contribution >= 0.6 is 0 Å². The SMILES string of the molecule is C=c1[nH]c2cccc3c2-c([nH]c3=O)c1C(CC)CCC. The average molecular weight is 268 g/mol. The summed E-state index contributed by atoms with van der Waals surface area (Å²) in [5.41, 5.74) is 4.16. The number of aromatic amines is 2. The smallest absolute Gasteiger partial charge is 0.256 e. The van der Waals surface area contributed by atoms with Crippen molar-refractivity contribution in [1.29, 1.82) is 0 Å². The summed E-state index contributed by atoms with van der Waals surface area (Å²) in [6.07, 6.45) is 3.30. The standard InChI is InChI=1S/C17H20N2O/c1-4-7-11(5-2)14-10(3)18-13-9-6-8-12-15(13)16(14)19-17(12)20/h6,8-9,11,18H,3-5,7H2,1-2H3,(H,19,20). The normalized spacial score (nSPS) is 13.3. The van der Waals surface area contributed by atoms with E-state index < -0.39 is 0 Å². The molecule has 3 nitrogen and oxygen atoms in total. The van der Waals surface area contributed by atoms with Crippen LogP contribution in [0.4, 0.5) is 0 Å². The van der Waals surface area contributed by atoms with Crippen LogP contribution in [-0.4, -0.2) is 9.97 Å². The number of hydrogen-bond acceptors (Lipinski definition) is 1.